The second kappa shape index (κ2) is 6.58. The zero-order chi connectivity index (χ0) is 13.9. The summed E-state index contributed by atoms with van der Waals surface area (Å²) < 4.78 is 5.91. The van der Waals surface area contributed by atoms with Crippen LogP contribution in [0.25, 0.3) is 0 Å². The van der Waals surface area contributed by atoms with E-state index in [1.165, 1.54) is 44.9 Å². The van der Waals surface area contributed by atoms with Gasteiger partial charge in [-0.1, -0.05) is 40.0 Å². The molecule has 2 heteroatoms. The normalized spacial score (nSPS) is 42.9. The van der Waals surface area contributed by atoms with Gasteiger partial charge in [-0.15, -0.1) is 0 Å². The highest BCUT2D eigenvalue weighted by Crippen LogP contribution is 2.46. The Morgan fingerprint density at radius 3 is 2.58 bits per heavy atom. The first-order valence-corrected chi connectivity index (χ1v) is 8.51. The minimum absolute atomic E-state index is 0.356. The molecule has 0 aromatic rings. The van der Waals surface area contributed by atoms with E-state index in [-0.39, 0.29) is 0 Å². The third kappa shape index (κ3) is 3.16. The summed E-state index contributed by atoms with van der Waals surface area (Å²) in [5.74, 6) is 0.960. The highest BCUT2D eigenvalue weighted by molar-refractivity contribution is 5.05. The molecule has 112 valence electrons. The molecule has 5 atom stereocenters. The summed E-state index contributed by atoms with van der Waals surface area (Å²) in [6.07, 6.45) is 9.91. The average molecular weight is 267 g/mol. The lowest BCUT2D eigenvalue weighted by atomic mass is 9.61. The Balaban J connectivity index is 1.86. The van der Waals surface area contributed by atoms with Crippen LogP contribution in [0.2, 0.25) is 0 Å². The first-order chi connectivity index (χ1) is 9.13. The van der Waals surface area contributed by atoms with Gasteiger partial charge >= 0.3 is 0 Å². The summed E-state index contributed by atoms with van der Waals surface area (Å²) in [5, 5.41) is 3.97. The maximum atomic E-state index is 5.91. The average Bonchev–Trinajstić information content (AvgIpc) is 2.45. The maximum absolute atomic E-state index is 5.91. The molecule has 2 aliphatic carbocycles. The highest BCUT2D eigenvalue weighted by atomic mass is 16.5. The second-order valence-corrected chi connectivity index (χ2v) is 6.90. The Labute approximate surface area is 119 Å². The van der Waals surface area contributed by atoms with Crippen molar-refractivity contribution in [3.05, 3.63) is 0 Å². The molecule has 2 aliphatic rings. The number of nitrogens with one attached hydrogen (secondary N) is 1. The van der Waals surface area contributed by atoms with Crippen LogP contribution in [0.1, 0.15) is 72.6 Å². The van der Waals surface area contributed by atoms with Crippen LogP contribution in [0.3, 0.4) is 0 Å². The van der Waals surface area contributed by atoms with Crippen LogP contribution in [-0.2, 0) is 4.74 Å². The van der Waals surface area contributed by atoms with E-state index < -0.39 is 0 Å². The molecule has 0 saturated heterocycles. The first-order valence-electron chi connectivity index (χ1n) is 8.51. The number of hydrogen-bond acceptors (Lipinski definition) is 2. The predicted octanol–water partition coefficient (Wildman–Crippen LogP) is 4.14. The molecule has 2 fully saturated rings. The minimum atomic E-state index is 0.356. The SMILES string of the molecule is CCOC1CC(NC2CCCC(CC)C2)C1(C)CC. The Morgan fingerprint density at radius 2 is 1.95 bits per heavy atom. The molecule has 0 aliphatic heterocycles. The van der Waals surface area contributed by atoms with Crippen LogP contribution < -0.4 is 5.32 Å². The van der Waals surface area contributed by atoms with Gasteiger partial charge in [0.05, 0.1) is 6.10 Å². The van der Waals surface area contributed by atoms with Crippen LogP contribution in [-0.4, -0.2) is 24.8 Å². The summed E-state index contributed by atoms with van der Waals surface area (Å²) in [4.78, 5) is 0. The minimum Gasteiger partial charge on any atom is -0.378 e. The molecular formula is C17H33NO. The zero-order valence-electron chi connectivity index (χ0n) is 13.4. The van der Waals surface area contributed by atoms with E-state index in [2.05, 4.69) is 33.0 Å². The molecule has 0 spiro atoms. The molecule has 0 aromatic carbocycles. The van der Waals surface area contributed by atoms with Crippen LogP contribution in [0.15, 0.2) is 0 Å². The molecule has 1 N–H and O–H groups in total. The number of hydrogen-bond donors (Lipinski definition) is 1. The van der Waals surface area contributed by atoms with Crippen LogP contribution >= 0.6 is 0 Å². The maximum Gasteiger partial charge on any atom is 0.0658 e. The Morgan fingerprint density at radius 1 is 1.16 bits per heavy atom. The van der Waals surface area contributed by atoms with Crippen molar-refractivity contribution >= 4 is 0 Å². The number of rotatable bonds is 6. The van der Waals surface area contributed by atoms with Crippen LogP contribution in [0.5, 0.6) is 0 Å². The molecule has 0 heterocycles. The Hall–Kier alpha value is -0.0800. The van der Waals surface area contributed by atoms with Gasteiger partial charge in [-0.25, -0.2) is 0 Å². The van der Waals surface area contributed by atoms with Crippen molar-refractivity contribution in [2.45, 2.75) is 90.8 Å². The molecule has 19 heavy (non-hydrogen) atoms. The van der Waals surface area contributed by atoms with Gasteiger partial charge in [0.25, 0.3) is 0 Å². The van der Waals surface area contributed by atoms with E-state index >= 15 is 0 Å². The van der Waals surface area contributed by atoms with E-state index in [1.807, 2.05) is 0 Å². The molecule has 2 rings (SSSR count). The standard InChI is InChI=1S/C17H33NO/c1-5-13-9-8-10-14(11-13)18-15-12-16(19-7-3)17(15,4)6-2/h13-16,18H,5-12H2,1-4H3. The zero-order valence-corrected chi connectivity index (χ0v) is 13.4. The summed E-state index contributed by atoms with van der Waals surface area (Å²) >= 11 is 0. The van der Waals surface area contributed by atoms with Crippen LogP contribution in [0.4, 0.5) is 0 Å². The molecule has 2 nitrogen and oxygen atoms in total. The van der Waals surface area contributed by atoms with Gasteiger partial charge in [0.15, 0.2) is 0 Å². The van der Waals surface area contributed by atoms with E-state index in [0.717, 1.165) is 18.6 Å². The largest absolute Gasteiger partial charge is 0.378 e. The van der Waals surface area contributed by atoms with E-state index in [9.17, 15) is 0 Å². The van der Waals surface area contributed by atoms with Gasteiger partial charge in [-0.2, -0.15) is 0 Å². The van der Waals surface area contributed by atoms with Crippen molar-refractivity contribution in [3.8, 4) is 0 Å². The molecule has 5 unspecified atom stereocenters. The summed E-state index contributed by atoms with van der Waals surface area (Å²) in [7, 11) is 0. The Kier molecular flexibility index (Phi) is 5.30. The van der Waals surface area contributed by atoms with Gasteiger partial charge in [-0.05, 0) is 38.5 Å². The molecule has 0 radical (unpaired) electrons. The smallest absolute Gasteiger partial charge is 0.0658 e. The van der Waals surface area contributed by atoms with Crippen molar-refractivity contribution in [2.75, 3.05) is 6.61 Å². The van der Waals surface area contributed by atoms with E-state index in [0.29, 0.717) is 17.6 Å². The molecule has 2 saturated carbocycles. The molecule has 0 amide bonds. The topological polar surface area (TPSA) is 21.3 Å². The quantitative estimate of drug-likeness (QED) is 0.781. The van der Waals surface area contributed by atoms with Crippen molar-refractivity contribution in [1.29, 1.82) is 0 Å². The monoisotopic (exact) mass is 267 g/mol. The van der Waals surface area contributed by atoms with Gasteiger partial charge in [0, 0.05) is 24.1 Å². The van der Waals surface area contributed by atoms with Gasteiger partial charge in [0.2, 0.25) is 0 Å². The number of ether oxygens (including phenoxy) is 1. The van der Waals surface area contributed by atoms with Gasteiger partial charge in [0.1, 0.15) is 0 Å². The van der Waals surface area contributed by atoms with Gasteiger partial charge in [-0.3, -0.25) is 0 Å². The third-order valence-electron chi connectivity index (χ3n) is 5.91. The summed E-state index contributed by atoms with van der Waals surface area (Å²) in [6.45, 7) is 10.0. The lowest BCUT2D eigenvalue weighted by Crippen LogP contribution is -2.64. The fraction of sp³-hybridized carbons (Fsp3) is 1.00. The van der Waals surface area contributed by atoms with E-state index in [1.54, 1.807) is 0 Å². The molecule has 0 bridgehead atoms. The molecule has 0 aromatic heterocycles. The summed E-state index contributed by atoms with van der Waals surface area (Å²) in [6, 6.07) is 1.44. The van der Waals surface area contributed by atoms with Crippen molar-refractivity contribution in [2.24, 2.45) is 11.3 Å². The van der Waals surface area contributed by atoms with Crippen LogP contribution in [0, 0.1) is 11.3 Å². The lowest BCUT2D eigenvalue weighted by Gasteiger charge is -2.55. The molecular weight excluding hydrogens is 234 g/mol. The van der Waals surface area contributed by atoms with Crippen molar-refractivity contribution in [3.63, 3.8) is 0 Å². The van der Waals surface area contributed by atoms with E-state index in [4.69, 9.17) is 4.74 Å². The Bertz CT molecular complexity index is 280. The van der Waals surface area contributed by atoms with Crippen molar-refractivity contribution < 1.29 is 4.74 Å². The highest BCUT2D eigenvalue weighted by Gasteiger charge is 2.51. The summed E-state index contributed by atoms with van der Waals surface area (Å²) in [5.41, 5.74) is 0.356. The lowest BCUT2D eigenvalue weighted by molar-refractivity contribution is -0.129. The fourth-order valence-corrected chi connectivity index (χ4v) is 4.11. The fourth-order valence-electron chi connectivity index (χ4n) is 4.11. The second-order valence-electron chi connectivity index (χ2n) is 6.90. The van der Waals surface area contributed by atoms with Crippen molar-refractivity contribution in [1.82, 2.24) is 5.32 Å². The predicted molar refractivity (Wildman–Crippen MR) is 81.4 cm³/mol. The third-order valence-corrected chi connectivity index (χ3v) is 5.91. The van der Waals surface area contributed by atoms with Gasteiger partial charge < -0.3 is 10.1 Å². The first kappa shape index (κ1) is 15.3.